The van der Waals surface area contributed by atoms with Gasteiger partial charge in [0.25, 0.3) is 0 Å². The van der Waals surface area contributed by atoms with Crippen LogP contribution in [0.2, 0.25) is 0 Å². The molecule has 15 heavy (non-hydrogen) atoms. The summed E-state index contributed by atoms with van der Waals surface area (Å²) >= 11 is 3.57. The Labute approximate surface area is 99.8 Å². The van der Waals surface area contributed by atoms with Gasteiger partial charge in [0.1, 0.15) is 0 Å². The highest BCUT2D eigenvalue weighted by molar-refractivity contribution is 9.09. The first-order chi connectivity index (χ1) is 7.00. The molecule has 1 rings (SSSR count). The second-order valence-corrected chi connectivity index (χ2v) is 5.32. The van der Waals surface area contributed by atoms with Crippen molar-refractivity contribution in [2.24, 2.45) is 5.92 Å². The Bertz CT molecular complexity index is 325. The molecule has 2 nitrogen and oxygen atoms in total. The third-order valence-corrected chi connectivity index (χ3v) is 3.73. The van der Waals surface area contributed by atoms with Crippen LogP contribution in [0.4, 0.5) is 5.69 Å². The van der Waals surface area contributed by atoms with Crippen molar-refractivity contribution in [3.8, 4) is 5.75 Å². The molecular weight excluding hydrogens is 254 g/mol. The predicted octanol–water partition coefficient (Wildman–Crippen LogP) is 2.90. The van der Waals surface area contributed by atoms with E-state index in [-0.39, 0.29) is 5.75 Å². The van der Waals surface area contributed by atoms with Gasteiger partial charge in [-0.25, -0.2) is 0 Å². The maximum Gasteiger partial charge on any atom is 0.0341 e. The Balaban J connectivity index is 2.58. The second-order valence-electron chi connectivity index (χ2n) is 4.14. The van der Waals surface area contributed by atoms with Crippen molar-refractivity contribution in [2.75, 3.05) is 11.9 Å². The molecule has 0 saturated heterocycles. The molecule has 0 bridgehead atoms. The molecule has 0 saturated carbocycles. The Kier molecular flexibility index (Phi) is 4.45. The van der Waals surface area contributed by atoms with E-state index in [1.807, 2.05) is 19.1 Å². The highest BCUT2D eigenvalue weighted by atomic mass is 79.9. The lowest BCUT2D eigenvalue weighted by atomic mass is 10.1. The molecule has 1 aromatic carbocycles. The zero-order valence-corrected chi connectivity index (χ0v) is 11.0. The molecule has 1 N–H and O–H groups in total. The van der Waals surface area contributed by atoms with E-state index in [9.17, 15) is 5.11 Å². The summed E-state index contributed by atoms with van der Waals surface area (Å²) in [6, 6.07) is 5.45. The third-order valence-electron chi connectivity index (χ3n) is 2.35. The molecule has 84 valence electrons. The summed E-state index contributed by atoms with van der Waals surface area (Å²) in [6.45, 7) is 6.99. The smallest absolute Gasteiger partial charge is 0.0341 e. The lowest BCUT2D eigenvalue weighted by Crippen LogP contribution is -2.19. The molecule has 0 heterocycles. The molecule has 3 heteroatoms. The third kappa shape index (κ3) is 3.74. The standard InChI is InChI=1S/C12H18BrNO/c1-8(2)10(13)7-14-11-5-4-9(3)6-12(11)15/h4-6,8,10,14-15H,7H2,1-3H3/p-1. The van der Waals surface area contributed by atoms with Crippen molar-refractivity contribution in [1.29, 1.82) is 0 Å². The topological polar surface area (TPSA) is 35.1 Å². The van der Waals surface area contributed by atoms with Crippen molar-refractivity contribution in [3.63, 3.8) is 0 Å². The number of anilines is 1. The summed E-state index contributed by atoms with van der Waals surface area (Å²) in [5, 5.41) is 14.7. The Morgan fingerprint density at radius 1 is 1.40 bits per heavy atom. The van der Waals surface area contributed by atoms with Crippen LogP contribution in [-0.4, -0.2) is 11.4 Å². The first-order valence-electron chi connectivity index (χ1n) is 5.16. The first kappa shape index (κ1) is 12.4. The van der Waals surface area contributed by atoms with E-state index in [1.165, 1.54) is 0 Å². The van der Waals surface area contributed by atoms with Gasteiger partial charge in [0.05, 0.1) is 0 Å². The van der Waals surface area contributed by atoms with Gasteiger partial charge in [0.2, 0.25) is 0 Å². The largest absolute Gasteiger partial charge is 0.871 e. The van der Waals surface area contributed by atoms with Crippen LogP contribution < -0.4 is 10.4 Å². The van der Waals surface area contributed by atoms with Crippen LogP contribution >= 0.6 is 15.9 Å². The van der Waals surface area contributed by atoms with Gasteiger partial charge in [-0.2, -0.15) is 0 Å². The number of nitrogens with one attached hydrogen (secondary N) is 1. The van der Waals surface area contributed by atoms with E-state index in [1.54, 1.807) is 6.07 Å². The van der Waals surface area contributed by atoms with Crippen LogP contribution in [0.1, 0.15) is 19.4 Å². The number of hydrogen-bond donors (Lipinski definition) is 1. The lowest BCUT2D eigenvalue weighted by molar-refractivity contribution is -0.267. The monoisotopic (exact) mass is 270 g/mol. The zero-order valence-electron chi connectivity index (χ0n) is 9.38. The van der Waals surface area contributed by atoms with E-state index in [0.717, 1.165) is 12.1 Å². The Morgan fingerprint density at radius 3 is 2.60 bits per heavy atom. The molecule has 0 amide bonds. The van der Waals surface area contributed by atoms with Crippen LogP contribution in [0.25, 0.3) is 0 Å². The fourth-order valence-corrected chi connectivity index (χ4v) is 1.38. The minimum Gasteiger partial charge on any atom is -0.871 e. The summed E-state index contributed by atoms with van der Waals surface area (Å²) < 4.78 is 0. The number of alkyl halides is 1. The van der Waals surface area contributed by atoms with E-state index in [4.69, 9.17) is 0 Å². The Hall–Kier alpha value is -0.700. The molecule has 1 aromatic rings. The maximum absolute atomic E-state index is 11.5. The Morgan fingerprint density at radius 2 is 2.07 bits per heavy atom. The van der Waals surface area contributed by atoms with Gasteiger partial charge >= 0.3 is 0 Å². The van der Waals surface area contributed by atoms with Crippen LogP contribution in [0.3, 0.4) is 0 Å². The average molecular weight is 271 g/mol. The number of rotatable bonds is 4. The van der Waals surface area contributed by atoms with Crippen molar-refractivity contribution < 1.29 is 5.11 Å². The lowest BCUT2D eigenvalue weighted by Gasteiger charge is -2.19. The van der Waals surface area contributed by atoms with E-state index >= 15 is 0 Å². The molecule has 1 atom stereocenters. The highest BCUT2D eigenvalue weighted by Gasteiger charge is 2.08. The van der Waals surface area contributed by atoms with Crippen molar-refractivity contribution in [2.45, 2.75) is 25.6 Å². The fourth-order valence-electron chi connectivity index (χ4n) is 1.22. The molecule has 0 aliphatic rings. The molecular formula is C12H17BrNO-. The van der Waals surface area contributed by atoms with Gasteiger partial charge in [-0.3, -0.25) is 0 Å². The highest BCUT2D eigenvalue weighted by Crippen LogP contribution is 2.22. The molecule has 0 radical (unpaired) electrons. The maximum atomic E-state index is 11.5. The predicted molar refractivity (Wildman–Crippen MR) is 66.7 cm³/mol. The van der Waals surface area contributed by atoms with Gasteiger partial charge in [-0.1, -0.05) is 53.2 Å². The van der Waals surface area contributed by atoms with E-state index in [2.05, 4.69) is 35.1 Å². The van der Waals surface area contributed by atoms with Gasteiger partial charge < -0.3 is 10.4 Å². The van der Waals surface area contributed by atoms with Gasteiger partial charge in [-0.15, -0.1) is 0 Å². The normalized spacial score (nSPS) is 12.9. The van der Waals surface area contributed by atoms with Gasteiger partial charge in [-0.05, 0) is 18.9 Å². The molecule has 0 spiro atoms. The zero-order chi connectivity index (χ0) is 11.4. The van der Waals surface area contributed by atoms with Gasteiger partial charge in [0, 0.05) is 17.1 Å². The van der Waals surface area contributed by atoms with Crippen LogP contribution in [0.15, 0.2) is 18.2 Å². The summed E-state index contributed by atoms with van der Waals surface area (Å²) in [6.07, 6.45) is 0. The summed E-state index contributed by atoms with van der Waals surface area (Å²) in [5.41, 5.74) is 1.69. The van der Waals surface area contributed by atoms with Crippen LogP contribution in [0, 0.1) is 12.8 Å². The first-order valence-corrected chi connectivity index (χ1v) is 6.08. The SMILES string of the molecule is Cc1ccc(NCC(Br)C(C)C)c([O-])c1. The van der Waals surface area contributed by atoms with Crippen molar-refractivity contribution >= 4 is 21.6 Å². The molecule has 0 aliphatic heterocycles. The summed E-state index contributed by atoms with van der Waals surface area (Å²) in [7, 11) is 0. The summed E-state index contributed by atoms with van der Waals surface area (Å²) in [4.78, 5) is 0.387. The average Bonchev–Trinajstić information content (AvgIpc) is 2.15. The van der Waals surface area contributed by atoms with Crippen LogP contribution in [-0.2, 0) is 0 Å². The number of aryl methyl sites for hydroxylation is 1. The molecule has 0 aliphatic carbocycles. The van der Waals surface area contributed by atoms with Crippen LogP contribution in [0.5, 0.6) is 5.75 Å². The van der Waals surface area contributed by atoms with E-state index in [0.29, 0.717) is 16.4 Å². The van der Waals surface area contributed by atoms with Gasteiger partial charge in [0.15, 0.2) is 0 Å². The number of halogens is 1. The van der Waals surface area contributed by atoms with Crippen molar-refractivity contribution in [1.82, 2.24) is 0 Å². The fraction of sp³-hybridized carbons (Fsp3) is 0.500. The number of benzene rings is 1. The quantitative estimate of drug-likeness (QED) is 0.854. The van der Waals surface area contributed by atoms with E-state index < -0.39 is 0 Å². The minimum atomic E-state index is 0.0680. The minimum absolute atomic E-state index is 0.0680. The molecule has 0 fully saturated rings. The van der Waals surface area contributed by atoms with Crippen molar-refractivity contribution in [3.05, 3.63) is 23.8 Å². The molecule has 0 aromatic heterocycles. The second kappa shape index (κ2) is 5.40. The summed E-state index contributed by atoms with van der Waals surface area (Å²) in [5.74, 6) is 0.622. The molecule has 1 unspecified atom stereocenters. The number of hydrogen-bond acceptors (Lipinski definition) is 2.